The SMILES string of the molecule is CCN1CCN(Cc2occc2C(=O)O)S1(=O)=O. The minimum atomic E-state index is -3.48. The van der Waals surface area contributed by atoms with Crippen LogP contribution in [-0.2, 0) is 16.8 Å². The number of nitrogens with zero attached hydrogens (tertiary/aromatic N) is 2. The summed E-state index contributed by atoms with van der Waals surface area (Å²) in [5.41, 5.74) is 0.000137. The van der Waals surface area contributed by atoms with Gasteiger partial charge in [0.25, 0.3) is 10.2 Å². The second-order valence-electron chi connectivity index (χ2n) is 3.90. The normalized spacial score (nSPS) is 20.3. The van der Waals surface area contributed by atoms with E-state index in [0.29, 0.717) is 19.6 Å². The minimum Gasteiger partial charge on any atom is -0.478 e. The topological polar surface area (TPSA) is 91.1 Å². The monoisotopic (exact) mass is 274 g/mol. The van der Waals surface area contributed by atoms with Crippen molar-refractivity contribution in [3.05, 3.63) is 23.7 Å². The van der Waals surface area contributed by atoms with Crippen LogP contribution in [0.15, 0.2) is 16.7 Å². The molecular formula is C10H14N2O5S. The number of carboxylic acid groups (broad SMARTS) is 1. The molecule has 1 aromatic rings. The molecule has 0 spiro atoms. The summed E-state index contributed by atoms with van der Waals surface area (Å²) in [7, 11) is -3.48. The molecule has 0 saturated carbocycles. The molecule has 2 rings (SSSR count). The van der Waals surface area contributed by atoms with E-state index >= 15 is 0 Å². The van der Waals surface area contributed by atoms with E-state index < -0.39 is 16.2 Å². The molecule has 0 amide bonds. The van der Waals surface area contributed by atoms with Gasteiger partial charge in [0.1, 0.15) is 11.3 Å². The Hall–Kier alpha value is -1.38. The van der Waals surface area contributed by atoms with E-state index in [1.807, 2.05) is 0 Å². The lowest BCUT2D eigenvalue weighted by Crippen LogP contribution is -2.32. The van der Waals surface area contributed by atoms with Crippen LogP contribution in [0.3, 0.4) is 0 Å². The van der Waals surface area contributed by atoms with Crippen LogP contribution in [-0.4, -0.2) is 47.7 Å². The van der Waals surface area contributed by atoms with Crippen molar-refractivity contribution in [1.82, 2.24) is 8.61 Å². The Morgan fingerprint density at radius 3 is 2.67 bits per heavy atom. The molecule has 18 heavy (non-hydrogen) atoms. The summed E-state index contributed by atoms with van der Waals surface area (Å²) in [6, 6.07) is 1.32. The number of hydrogen-bond donors (Lipinski definition) is 1. The minimum absolute atomic E-state index is 0.000137. The average Bonchev–Trinajstić information content (AvgIpc) is 2.85. The van der Waals surface area contributed by atoms with Crippen molar-refractivity contribution in [1.29, 1.82) is 0 Å². The van der Waals surface area contributed by atoms with Crippen LogP contribution in [0.25, 0.3) is 0 Å². The van der Waals surface area contributed by atoms with E-state index in [9.17, 15) is 13.2 Å². The average molecular weight is 274 g/mol. The number of carboxylic acids is 1. The van der Waals surface area contributed by atoms with E-state index in [2.05, 4.69) is 0 Å². The van der Waals surface area contributed by atoms with E-state index in [1.54, 1.807) is 6.92 Å². The highest BCUT2D eigenvalue weighted by atomic mass is 32.2. The number of aromatic carboxylic acids is 1. The Morgan fingerprint density at radius 2 is 2.11 bits per heavy atom. The number of hydrogen-bond acceptors (Lipinski definition) is 4. The maximum absolute atomic E-state index is 12.0. The van der Waals surface area contributed by atoms with Gasteiger partial charge in [-0.1, -0.05) is 6.92 Å². The molecule has 1 saturated heterocycles. The van der Waals surface area contributed by atoms with Gasteiger partial charge in [-0.15, -0.1) is 0 Å². The molecule has 0 aliphatic carbocycles. The fraction of sp³-hybridized carbons (Fsp3) is 0.500. The highest BCUT2D eigenvalue weighted by Crippen LogP contribution is 2.21. The maximum atomic E-state index is 12.0. The van der Waals surface area contributed by atoms with E-state index in [1.165, 1.54) is 20.9 Å². The summed E-state index contributed by atoms with van der Waals surface area (Å²) >= 11 is 0. The van der Waals surface area contributed by atoms with Crippen LogP contribution < -0.4 is 0 Å². The van der Waals surface area contributed by atoms with Crippen LogP contribution in [0.4, 0.5) is 0 Å². The Kier molecular flexibility index (Phi) is 3.42. The van der Waals surface area contributed by atoms with Crippen LogP contribution in [0, 0.1) is 0 Å². The molecule has 7 nitrogen and oxygen atoms in total. The van der Waals surface area contributed by atoms with Crippen molar-refractivity contribution in [2.75, 3.05) is 19.6 Å². The molecule has 0 unspecified atom stereocenters. The number of carbonyl (C=O) groups is 1. The summed E-state index contributed by atoms with van der Waals surface area (Å²) in [4.78, 5) is 10.9. The molecule has 0 atom stereocenters. The first-order chi connectivity index (χ1) is 8.46. The van der Waals surface area contributed by atoms with Crippen molar-refractivity contribution in [2.24, 2.45) is 0 Å². The van der Waals surface area contributed by atoms with Crippen molar-refractivity contribution in [3.8, 4) is 0 Å². The molecule has 1 aliphatic rings. The molecule has 1 aromatic heterocycles. The van der Waals surface area contributed by atoms with Crippen LogP contribution in [0.1, 0.15) is 23.0 Å². The first-order valence-corrected chi connectivity index (χ1v) is 6.91. The Labute approximate surface area is 105 Å². The molecule has 8 heteroatoms. The number of furan rings is 1. The van der Waals surface area contributed by atoms with E-state index in [4.69, 9.17) is 9.52 Å². The first kappa shape index (κ1) is 13.1. The van der Waals surface area contributed by atoms with Gasteiger partial charge in [0.15, 0.2) is 0 Å². The van der Waals surface area contributed by atoms with Gasteiger partial charge >= 0.3 is 5.97 Å². The summed E-state index contributed by atoms with van der Waals surface area (Å²) < 4.78 is 31.6. The van der Waals surface area contributed by atoms with Gasteiger partial charge in [0.2, 0.25) is 0 Å². The Bertz CT molecular complexity index is 550. The zero-order valence-corrected chi connectivity index (χ0v) is 10.7. The van der Waals surface area contributed by atoms with E-state index in [0.717, 1.165) is 0 Å². The Morgan fingerprint density at radius 1 is 1.44 bits per heavy atom. The second kappa shape index (κ2) is 4.71. The van der Waals surface area contributed by atoms with Crippen molar-refractivity contribution in [2.45, 2.75) is 13.5 Å². The molecular weight excluding hydrogens is 260 g/mol. The summed E-state index contributed by atoms with van der Waals surface area (Å²) in [5.74, 6) is -0.966. The lowest BCUT2D eigenvalue weighted by atomic mass is 10.2. The van der Waals surface area contributed by atoms with Gasteiger partial charge in [0, 0.05) is 19.6 Å². The standard InChI is InChI=1S/C10H14N2O5S/c1-2-11-4-5-12(18(11,15)16)7-9-8(10(13)14)3-6-17-9/h3,6H,2,4-5,7H2,1H3,(H,13,14). The van der Waals surface area contributed by atoms with Crippen molar-refractivity contribution >= 4 is 16.2 Å². The predicted octanol–water partition coefficient (Wildman–Crippen LogP) is 0.360. The van der Waals surface area contributed by atoms with Gasteiger partial charge in [-0.2, -0.15) is 17.0 Å². The quantitative estimate of drug-likeness (QED) is 0.856. The number of rotatable bonds is 4. The van der Waals surface area contributed by atoms with Gasteiger partial charge in [-0.3, -0.25) is 0 Å². The fourth-order valence-corrected chi connectivity index (χ4v) is 3.47. The fourth-order valence-electron chi connectivity index (χ4n) is 1.91. The Balaban J connectivity index is 2.21. The molecule has 1 aliphatic heterocycles. The largest absolute Gasteiger partial charge is 0.478 e. The van der Waals surface area contributed by atoms with Crippen LogP contribution in [0.2, 0.25) is 0 Å². The molecule has 2 heterocycles. The van der Waals surface area contributed by atoms with Gasteiger partial charge in [-0.05, 0) is 6.07 Å². The van der Waals surface area contributed by atoms with Gasteiger partial charge < -0.3 is 9.52 Å². The summed E-state index contributed by atoms with van der Waals surface area (Å²) in [6.45, 7) is 2.88. The van der Waals surface area contributed by atoms with Gasteiger partial charge in [-0.25, -0.2) is 4.79 Å². The predicted molar refractivity (Wildman–Crippen MR) is 62.2 cm³/mol. The zero-order chi connectivity index (χ0) is 13.3. The molecule has 0 aromatic carbocycles. The van der Waals surface area contributed by atoms with Crippen molar-refractivity contribution < 1.29 is 22.7 Å². The first-order valence-electron chi connectivity index (χ1n) is 5.51. The summed E-state index contributed by atoms with van der Waals surface area (Å²) in [5, 5.41) is 8.92. The number of likely N-dealkylation sites (N-methyl/N-ethyl adjacent to an activating group) is 1. The van der Waals surface area contributed by atoms with Gasteiger partial charge in [0.05, 0.1) is 12.8 Å². The summed E-state index contributed by atoms with van der Waals surface area (Å²) in [6.07, 6.45) is 1.25. The molecule has 100 valence electrons. The second-order valence-corrected chi connectivity index (χ2v) is 5.82. The van der Waals surface area contributed by atoms with Crippen LogP contribution >= 0.6 is 0 Å². The van der Waals surface area contributed by atoms with E-state index in [-0.39, 0.29) is 17.9 Å². The van der Waals surface area contributed by atoms with Crippen molar-refractivity contribution in [3.63, 3.8) is 0 Å². The zero-order valence-electron chi connectivity index (χ0n) is 9.87. The molecule has 0 radical (unpaired) electrons. The highest BCUT2D eigenvalue weighted by Gasteiger charge is 2.36. The third-order valence-electron chi connectivity index (χ3n) is 2.90. The maximum Gasteiger partial charge on any atom is 0.339 e. The molecule has 1 N–H and O–H groups in total. The lowest BCUT2D eigenvalue weighted by Gasteiger charge is -2.16. The molecule has 0 bridgehead atoms. The van der Waals surface area contributed by atoms with Crippen LogP contribution in [0.5, 0.6) is 0 Å². The molecule has 1 fully saturated rings. The lowest BCUT2D eigenvalue weighted by molar-refractivity contribution is 0.0693. The highest BCUT2D eigenvalue weighted by molar-refractivity contribution is 7.87. The smallest absolute Gasteiger partial charge is 0.339 e. The third kappa shape index (κ3) is 2.14. The third-order valence-corrected chi connectivity index (χ3v) is 4.96.